The van der Waals surface area contributed by atoms with Gasteiger partial charge in [-0.15, -0.1) is 0 Å². The van der Waals surface area contributed by atoms with Crippen LogP contribution in [0.5, 0.6) is 0 Å². The number of aliphatic hydroxyl groups excluding tert-OH is 1. The summed E-state index contributed by atoms with van der Waals surface area (Å²) in [6, 6.07) is 5.28. The third-order valence-electron chi connectivity index (χ3n) is 3.21. The Morgan fingerprint density at radius 1 is 1.44 bits per heavy atom. The predicted molar refractivity (Wildman–Crippen MR) is 77.9 cm³/mol. The fourth-order valence-corrected chi connectivity index (χ4v) is 2.81. The molecule has 0 aliphatic rings. The molecular weight excluding hydrogens is 249 g/mol. The van der Waals surface area contributed by atoms with Gasteiger partial charge in [-0.3, -0.25) is 0 Å². The summed E-state index contributed by atoms with van der Waals surface area (Å²) in [7, 11) is 1.92. The number of aliphatic hydroxyl groups is 1. The van der Waals surface area contributed by atoms with Gasteiger partial charge in [-0.2, -0.15) is 11.8 Å². The number of nitrogens with zero attached hydrogens (tertiary/aromatic N) is 1. The standard InChI is InChI=1S/C14H22FNOS/c1-5-12(9-18-4)16(3)14-7-6-11(10(2)17)8-13(14)15/h6-8,10,12,17H,5,9H2,1-4H3. The van der Waals surface area contributed by atoms with Crippen molar-refractivity contribution in [2.45, 2.75) is 32.4 Å². The molecule has 1 N–H and O–H groups in total. The lowest BCUT2D eigenvalue weighted by atomic mass is 10.1. The number of hydrogen-bond donors (Lipinski definition) is 1. The van der Waals surface area contributed by atoms with Gasteiger partial charge in [0.1, 0.15) is 5.82 Å². The van der Waals surface area contributed by atoms with Gasteiger partial charge in [-0.1, -0.05) is 13.0 Å². The monoisotopic (exact) mass is 271 g/mol. The van der Waals surface area contributed by atoms with Crippen LogP contribution >= 0.6 is 11.8 Å². The summed E-state index contributed by atoms with van der Waals surface area (Å²) in [6.45, 7) is 3.75. The average molecular weight is 271 g/mol. The van der Waals surface area contributed by atoms with Crippen LogP contribution in [0.15, 0.2) is 18.2 Å². The van der Waals surface area contributed by atoms with E-state index in [2.05, 4.69) is 13.2 Å². The van der Waals surface area contributed by atoms with E-state index in [1.807, 2.05) is 11.9 Å². The summed E-state index contributed by atoms with van der Waals surface area (Å²) in [6.07, 6.45) is 2.41. The second-order valence-corrected chi connectivity index (χ2v) is 5.43. The van der Waals surface area contributed by atoms with Gasteiger partial charge < -0.3 is 10.0 Å². The van der Waals surface area contributed by atoms with E-state index in [9.17, 15) is 9.50 Å². The third kappa shape index (κ3) is 3.62. The van der Waals surface area contributed by atoms with Gasteiger partial charge in [0.2, 0.25) is 0 Å². The van der Waals surface area contributed by atoms with E-state index in [0.29, 0.717) is 17.3 Å². The van der Waals surface area contributed by atoms with Crippen LogP contribution in [0.4, 0.5) is 10.1 Å². The number of halogens is 1. The lowest BCUT2D eigenvalue weighted by Crippen LogP contribution is -2.33. The topological polar surface area (TPSA) is 23.5 Å². The van der Waals surface area contributed by atoms with Gasteiger partial charge in [-0.05, 0) is 37.3 Å². The summed E-state index contributed by atoms with van der Waals surface area (Å²) in [5.41, 5.74) is 1.21. The smallest absolute Gasteiger partial charge is 0.146 e. The van der Waals surface area contributed by atoms with Gasteiger partial charge in [0.15, 0.2) is 0 Å². The van der Waals surface area contributed by atoms with Crippen LogP contribution in [0.1, 0.15) is 31.9 Å². The van der Waals surface area contributed by atoms with E-state index in [-0.39, 0.29) is 5.82 Å². The number of rotatable bonds is 6. The second kappa shape index (κ2) is 7.00. The van der Waals surface area contributed by atoms with Crippen LogP contribution in [0.2, 0.25) is 0 Å². The van der Waals surface area contributed by atoms with Crippen molar-refractivity contribution in [3.63, 3.8) is 0 Å². The molecule has 0 heterocycles. The first kappa shape index (κ1) is 15.3. The van der Waals surface area contributed by atoms with Gasteiger partial charge >= 0.3 is 0 Å². The molecule has 0 aliphatic heterocycles. The van der Waals surface area contributed by atoms with Crippen molar-refractivity contribution < 1.29 is 9.50 Å². The zero-order valence-corrected chi connectivity index (χ0v) is 12.3. The largest absolute Gasteiger partial charge is 0.389 e. The molecule has 0 fully saturated rings. The molecule has 4 heteroatoms. The summed E-state index contributed by atoms with van der Waals surface area (Å²) in [5.74, 6) is 0.709. The molecule has 0 saturated heterocycles. The summed E-state index contributed by atoms with van der Waals surface area (Å²) >= 11 is 1.77. The van der Waals surface area contributed by atoms with Crippen LogP contribution < -0.4 is 4.90 Å². The van der Waals surface area contributed by atoms with Crippen molar-refractivity contribution in [3.05, 3.63) is 29.6 Å². The molecule has 0 aliphatic carbocycles. The summed E-state index contributed by atoms with van der Waals surface area (Å²) in [4.78, 5) is 1.98. The second-order valence-electron chi connectivity index (χ2n) is 4.52. The fraction of sp³-hybridized carbons (Fsp3) is 0.571. The lowest BCUT2D eigenvalue weighted by Gasteiger charge is -2.29. The quantitative estimate of drug-likeness (QED) is 0.857. The molecule has 2 atom stereocenters. The Hall–Kier alpha value is -0.740. The maximum atomic E-state index is 14.0. The van der Waals surface area contributed by atoms with E-state index in [4.69, 9.17) is 0 Å². The van der Waals surface area contributed by atoms with E-state index in [1.165, 1.54) is 6.07 Å². The Kier molecular flexibility index (Phi) is 5.96. The predicted octanol–water partition coefficient (Wildman–Crippen LogP) is 3.46. The highest BCUT2D eigenvalue weighted by molar-refractivity contribution is 7.98. The molecule has 18 heavy (non-hydrogen) atoms. The molecule has 0 spiro atoms. The Morgan fingerprint density at radius 2 is 2.11 bits per heavy atom. The van der Waals surface area contributed by atoms with Crippen molar-refractivity contribution in [1.29, 1.82) is 0 Å². The van der Waals surface area contributed by atoms with Crippen molar-refractivity contribution in [3.8, 4) is 0 Å². The number of benzene rings is 1. The first-order valence-electron chi connectivity index (χ1n) is 6.20. The van der Waals surface area contributed by atoms with Crippen LogP contribution in [0.25, 0.3) is 0 Å². The van der Waals surface area contributed by atoms with Gasteiger partial charge in [0, 0.05) is 18.8 Å². The zero-order chi connectivity index (χ0) is 13.7. The first-order valence-corrected chi connectivity index (χ1v) is 7.59. The van der Waals surface area contributed by atoms with Gasteiger partial charge in [-0.25, -0.2) is 4.39 Å². The highest BCUT2D eigenvalue weighted by Gasteiger charge is 2.16. The minimum absolute atomic E-state index is 0.268. The molecule has 0 aromatic heterocycles. The molecule has 1 rings (SSSR count). The Bertz CT molecular complexity index is 384. The third-order valence-corrected chi connectivity index (χ3v) is 3.93. The maximum absolute atomic E-state index is 14.0. The van der Waals surface area contributed by atoms with Crippen molar-refractivity contribution in [2.75, 3.05) is 24.0 Å². The molecule has 2 unspecified atom stereocenters. The number of hydrogen-bond acceptors (Lipinski definition) is 3. The summed E-state index contributed by atoms with van der Waals surface area (Å²) in [5, 5.41) is 9.43. The number of anilines is 1. The Morgan fingerprint density at radius 3 is 2.56 bits per heavy atom. The minimum Gasteiger partial charge on any atom is -0.389 e. The van der Waals surface area contributed by atoms with Crippen molar-refractivity contribution in [1.82, 2.24) is 0 Å². The fourth-order valence-electron chi connectivity index (χ4n) is 1.96. The number of thioether (sulfide) groups is 1. The van der Waals surface area contributed by atoms with Crippen molar-refractivity contribution >= 4 is 17.4 Å². The van der Waals surface area contributed by atoms with E-state index in [1.54, 1.807) is 30.8 Å². The first-order chi connectivity index (χ1) is 8.51. The van der Waals surface area contributed by atoms with Crippen LogP contribution in [0.3, 0.4) is 0 Å². The van der Waals surface area contributed by atoms with E-state index < -0.39 is 6.10 Å². The summed E-state index contributed by atoms with van der Waals surface area (Å²) < 4.78 is 14.0. The van der Waals surface area contributed by atoms with Crippen LogP contribution in [-0.2, 0) is 0 Å². The molecule has 0 saturated carbocycles. The van der Waals surface area contributed by atoms with Crippen LogP contribution in [0, 0.1) is 5.82 Å². The molecule has 2 nitrogen and oxygen atoms in total. The van der Waals surface area contributed by atoms with Crippen molar-refractivity contribution in [2.24, 2.45) is 0 Å². The molecule has 102 valence electrons. The molecule has 0 radical (unpaired) electrons. The average Bonchev–Trinajstić information content (AvgIpc) is 2.34. The SMILES string of the molecule is CCC(CSC)N(C)c1ccc(C(C)O)cc1F. The molecule has 1 aromatic rings. The lowest BCUT2D eigenvalue weighted by molar-refractivity contribution is 0.199. The maximum Gasteiger partial charge on any atom is 0.146 e. The Labute approximate surface area is 113 Å². The van der Waals surface area contributed by atoms with Gasteiger partial charge in [0.05, 0.1) is 11.8 Å². The van der Waals surface area contributed by atoms with E-state index >= 15 is 0 Å². The highest BCUT2D eigenvalue weighted by atomic mass is 32.2. The molecular formula is C14H22FNOS. The van der Waals surface area contributed by atoms with Gasteiger partial charge in [0.25, 0.3) is 0 Å². The normalized spacial score (nSPS) is 14.3. The molecule has 0 amide bonds. The van der Waals surface area contributed by atoms with E-state index in [0.717, 1.165) is 12.2 Å². The van der Waals surface area contributed by atoms with Crippen LogP contribution in [-0.4, -0.2) is 30.2 Å². The molecule has 1 aromatic carbocycles. The zero-order valence-electron chi connectivity index (χ0n) is 11.5. The molecule has 0 bridgehead atoms. The minimum atomic E-state index is -0.632. The Balaban J connectivity index is 2.95. The highest BCUT2D eigenvalue weighted by Crippen LogP contribution is 2.25.